The number of anilines is 2. The van der Waals surface area contributed by atoms with Crippen LogP contribution in [0.15, 0.2) is 30.3 Å². The van der Waals surface area contributed by atoms with Gasteiger partial charge in [-0.05, 0) is 12.5 Å². The van der Waals surface area contributed by atoms with Crippen molar-refractivity contribution >= 4 is 11.5 Å². The molecule has 82 valence electrons. The Kier molecular flexibility index (Phi) is 1.87. The maximum absolute atomic E-state index is 5.91. The first-order chi connectivity index (χ1) is 7.77. The lowest BCUT2D eigenvalue weighted by Crippen LogP contribution is -2.23. The maximum Gasteiger partial charge on any atom is 0.164 e. The minimum Gasteiger partial charge on any atom is -0.394 e. The van der Waals surface area contributed by atoms with Gasteiger partial charge in [0.25, 0.3) is 0 Å². The normalized spacial score (nSPS) is 18.2. The van der Waals surface area contributed by atoms with Crippen LogP contribution in [-0.4, -0.2) is 9.78 Å². The predicted molar refractivity (Wildman–Crippen MR) is 62.7 cm³/mol. The summed E-state index contributed by atoms with van der Waals surface area (Å²) in [5, 5.41) is 4.42. The van der Waals surface area contributed by atoms with Crippen LogP contribution in [0.4, 0.5) is 11.5 Å². The van der Waals surface area contributed by atoms with Gasteiger partial charge in [0.2, 0.25) is 0 Å². The van der Waals surface area contributed by atoms with Crippen molar-refractivity contribution in [3.63, 3.8) is 0 Å². The highest BCUT2D eigenvalue weighted by Gasteiger charge is 2.26. The topological polar surface area (TPSA) is 67.9 Å². The van der Waals surface area contributed by atoms with Gasteiger partial charge in [0.05, 0.1) is 11.4 Å². The summed E-state index contributed by atoms with van der Waals surface area (Å²) < 4.78 is 1.88. The average molecular weight is 215 g/mol. The Labute approximate surface area is 93.2 Å². The molecule has 1 aromatic heterocycles. The van der Waals surface area contributed by atoms with Crippen LogP contribution in [-0.2, 0) is 0 Å². The summed E-state index contributed by atoms with van der Waals surface area (Å²) in [5.41, 5.74) is 14.8. The molecular weight excluding hydrogens is 202 g/mol. The van der Waals surface area contributed by atoms with E-state index in [1.165, 1.54) is 0 Å². The molecule has 0 saturated heterocycles. The molecule has 1 unspecified atom stereocenters. The number of rotatable bonds is 1. The van der Waals surface area contributed by atoms with Gasteiger partial charge < -0.3 is 11.2 Å². The van der Waals surface area contributed by atoms with E-state index in [0.29, 0.717) is 5.69 Å². The molecule has 0 aliphatic carbocycles. The van der Waals surface area contributed by atoms with Crippen LogP contribution in [0.25, 0.3) is 0 Å². The summed E-state index contributed by atoms with van der Waals surface area (Å²) in [6.45, 7) is 1.91. The minimum atomic E-state index is 0.00667. The zero-order chi connectivity index (χ0) is 11.1. The quantitative estimate of drug-likeness (QED) is 0.669. The first-order valence-corrected chi connectivity index (χ1v) is 5.18. The zero-order valence-corrected chi connectivity index (χ0v) is 8.94. The van der Waals surface area contributed by atoms with Crippen molar-refractivity contribution in [2.45, 2.75) is 13.1 Å². The summed E-state index contributed by atoms with van der Waals surface area (Å²) in [6.07, 6.45) is 0.00667. The third-order valence-electron chi connectivity index (χ3n) is 2.82. The van der Waals surface area contributed by atoms with Crippen LogP contribution in [0, 0.1) is 6.92 Å². The van der Waals surface area contributed by atoms with Crippen LogP contribution in [0.5, 0.6) is 0 Å². The molecule has 16 heavy (non-hydrogen) atoms. The van der Waals surface area contributed by atoms with Crippen molar-refractivity contribution in [2.24, 2.45) is 0 Å². The van der Waals surface area contributed by atoms with E-state index in [1.807, 2.05) is 29.8 Å². The van der Waals surface area contributed by atoms with E-state index in [4.69, 9.17) is 5.73 Å². The molecule has 1 aliphatic rings. The number of hydrogen-bond acceptors (Lipinski definition) is 4. The fourth-order valence-corrected chi connectivity index (χ4v) is 1.93. The summed E-state index contributed by atoms with van der Waals surface area (Å²) >= 11 is 0. The molecule has 0 spiro atoms. The number of fused-ring (bicyclic) bond motifs is 1. The Balaban J connectivity index is 2.07. The highest BCUT2D eigenvalue weighted by molar-refractivity contribution is 5.66. The molecule has 5 heteroatoms. The lowest BCUT2D eigenvalue weighted by molar-refractivity contribution is 0.514. The van der Waals surface area contributed by atoms with Crippen molar-refractivity contribution < 1.29 is 0 Å². The molecule has 0 fully saturated rings. The molecule has 3 rings (SSSR count). The summed E-state index contributed by atoms with van der Waals surface area (Å²) in [5.74, 6) is 0.839. The standard InChI is InChI=1S/C11H13N5/c1-7-9(12)11-14-13-10(16(11)15-7)8-5-3-2-4-6-8/h2-6,10,13-14H,12H2,1H3. The van der Waals surface area contributed by atoms with Gasteiger partial charge in [0.15, 0.2) is 5.82 Å². The van der Waals surface area contributed by atoms with Gasteiger partial charge in [0, 0.05) is 0 Å². The smallest absolute Gasteiger partial charge is 0.164 e. The lowest BCUT2D eigenvalue weighted by atomic mass is 10.2. The van der Waals surface area contributed by atoms with Crippen molar-refractivity contribution in [3.05, 3.63) is 41.6 Å². The molecule has 4 N–H and O–H groups in total. The van der Waals surface area contributed by atoms with Crippen LogP contribution >= 0.6 is 0 Å². The number of aromatic nitrogens is 2. The summed E-state index contributed by atoms with van der Waals surface area (Å²) in [7, 11) is 0. The molecule has 0 saturated carbocycles. The Hall–Kier alpha value is -2.01. The summed E-state index contributed by atoms with van der Waals surface area (Å²) in [6, 6.07) is 10.1. The van der Waals surface area contributed by atoms with E-state index in [2.05, 4.69) is 28.1 Å². The van der Waals surface area contributed by atoms with Crippen molar-refractivity contribution in [1.29, 1.82) is 0 Å². The van der Waals surface area contributed by atoms with Crippen molar-refractivity contribution in [3.8, 4) is 0 Å². The van der Waals surface area contributed by atoms with Gasteiger partial charge in [-0.15, -0.1) is 0 Å². The van der Waals surface area contributed by atoms with Crippen molar-refractivity contribution in [2.75, 3.05) is 11.2 Å². The number of hydrazine groups is 1. The molecule has 1 aliphatic heterocycles. The molecule has 1 atom stereocenters. The number of nitrogens with two attached hydrogens (primary N) is 1. The average Bonchev–Trinajstić information content (AvgIpc) is 2.83. The van der Waals surface area contributed by atoms with Crippen LogP contribution in [0.2, 0.25) is 0 Å². The predicted octanol–water partition coefficient (Wildman–Crippen LogP) is 1.25. The number of benzene rings is 1. The van der Waals surface area contributed by atoms with E-state index in [1.54, 1.807) is 0 Å². The molecule has 2 aromatic rings. The van der Waals surface area contributed by atoms with E-state index in [-0.39, 0.29) is 6.17 Å². The zero-order valence-electron chi connectivity index (χ0n) is 8.94. The summed E-state index contributed by atoms with van der Waals surface area (Å²) in [4.78, 5) is 0. The molecule has 2 heterocycles. The van der Waals surface area contributed by atoms with Gasteiger partial charge in [-0.25, -0.2) is 10.1 Å². The van der Waals surface area contributed by atoms with Gasteiger partial charge in [-0.1, -0.05) is 30.3 Å². The second kappa shape index (κ2) is 3.24. The Morgan fingerprint density at radius 3 is 2.81 bits per heavy atom. The van der Waals surface area contributed by atoms with Gasteiger partial charge in [-0.3, -0.25) is 0 Å². The van der Waals surface area contributed by atoms with Gasteiger partial charge >= 0.3 is 0 Å². The van der Waals surface area contributed by atoms with Crippen molar-refractivity contribution in [1.82, 2.24) is 15.2 Å². The largest absolute Gasteiger partial charge is 0.394 e. The molecule has 0 amide bonds. The molecular formula is C11H13N5. The molecule has 0 radical (unpaired) electrons. The first-order valence-electron chi connectivity index (χ1n) is 5.18. The second-order valence-electron chi connectivity index (χ2n) is 3.87. The molecule has 0 bridgehead atoms. The minimum absolute atomic E-state index is 0.00667. The number of aryl methyl sites for hydroxylation is 1. The fraction of sp³-hybridized carbons (Fsp3) is 0.182. The lowest BCUT2D eigenvalue weighted by Gasteiger charge is -2.11. The number of hydrogen-bond donors (Lipinski definition) is 3. The monoisotopic (exact) mass is 215 g/mol. The van der Waals surface area contributed by atoms with Crippen LogP contribution in [0.1, 0.15) is 17.4 Å². The Morgan fingerprint density at radius 2 is 2.06 bits per heavy atom. The number of nitrogens with one attached hydrogen (secondary N) is 2. The molecule has 1 aromatic carbocycles. The maximum atomic E-state index is 5.91. The highest BCUT2D eigenvalue weighted by Crippen LogP contribution is 2.31. The number of nitrogens with zero attached hydrogens (tertiary/aromatic N) is 2. The van der Waals surface area contributed by atoms with E-state index >= 15 is 0 Å². The van der Waals surface area contributed by atoms with E-state index < -0.39 is 0 Å². The van der Waals surface area contributed by atoms with E-state index in [0.717, 1.165) is 17.1 Å². The highest BCUT2D eigenvalue weighted by atomic mass is 15.6. The van der Waals surface area contributed by atoms with Crippen LogP contribution < -0.4 is 16.6 Å². The van der Waals surface area contributed by atoms with Gasteiger partial charge in [0.1, 0.15) is 6.17 Å². The first kappa shape index (κ1) is 9.23. The SMILES string of the molecule is Cc1nn2c(c1N)NNC2c1ccccc1. The van der Waals surface area contributed by atoms with E-state index in [9.17, 15) is 0 Å². The molecule has 5 nitrogen and oxygen atoms in total. The van der Waals surface area contributed by atoms with Crippen LogP contribution in [0.3, 0.4) is 0 Å². The fourth-order valence-electron chi connectivity index (χ4n) is 1.93. The third-order valence-corrected chi connectivity index (χ3v) is 2.82. The Morgan fingerprint density at radius 1 is 1.31 bits per heavy atom. The second-order valence-corrected chi connectivity index (χ2v) is 3.87. The van der Waals surface area contributed by atoms with Gasteiger partial charge in [-0.2, -0.15) is 5.10 Å². The third kappa shape index (κ3) is 1.18. The Bertz CT molecular complexity index is 517. The number of nitrogen functional groups attached to an aromatic ring is 1.